The maximum Gasteiger partial charge on any atom is 0.118 e. The molecule has 1 aliphatic carbocycles. The van der Waals surface area contributed by atoms with Crippen molar-refractivity contribution in [1.29, 1.82) is 0 Å². The van der Waals surface area contributed by atoms with Crippen molar-refractivity contribution >= 4 is 0 Å². The van der Waals surface area contributed by atoms with Crippen LogP contribution in [0.15, 0.2) is 0 Å². The highest BCUT2D eigenvalue weighted by Crippen LogP contribution is 2.48. The maximum absolute atomic E-state index is 13.2. The van der Waals surface area contributed by atoms with Crippen molar-refractivity contribution in [2.75, 3.05) is 13.1 Å². The van der Waals surface area contributed by atoms with Crippen LogP contribution in [0.25, 0.3) is 0 Å². The number of nitrogens with one attached hydrogen (secondary N) is 1. The highest BCUT2D eigenvalue weighted by Gasteiger charge is 2.45. The molecule has 0 amide bonds. The Hall–Kier alpha value is -0.110. The van der Waals surface area contributed by atoms with Crippen LogP contribution in [0.3, 0.4) is 0 Å². The van der Waals surface area contributed by atoms with Gasteiger partial charge in [-0.05, 0) is 25.8 Å². The Bertz CT molecular complexity index is 131. The van der Waals surface area contributed by atoms with Crippen molar-refractivity contribution in [2.24, 2.45) is 5.41 Å². The lowest BCUT2D eigenvalue weighted by molar-refractivity contribution is -0.00574. The van der Waals surface area contributed by atoms with Gasteiger partial charge in [0.15, 0.2) is 0 Å². The summed E-state index contributed by atoms with van der Waals surface area (Å²) in [6, 6.07) is 0. The van der Waals surface area contributed by atoms with Crippen LogP contribution in [-0.2, 0) is 0 Å². The summed E-state index contributed by atoms with van der Waals surface area (Å²) in [4.78, 5) is 0. The summed E-state index contributed by atoms with van der Waals surface area (Å²) in [6.07, 6.45) is 4.02. The van der Waals surface area contributed by atoms with Gasteiger partial charge in [0.1, 0.15) is 6.17 Å². The van der Waals surface area contributed by atoms with E-state index in [2.05, 4.69) is 5.32 Å². The maximum atomic E-state index is 13.2. The monoisotopic (exact) mass is 143 g/mol. The molecule has 1 aliphatic heterocycles. The van der Waals surface area contributed by atoms with Crippen molar-refractivity contribution in [3.05, 3.63) is 0 Å². The average molecular weight is 143 g/mol. The average Bonchev–Trinajstić information content (AvgIpc) is 1.85. The molecule has 2 fully saturated rings. The molecule has 2 heteroatoms. The lowest BCUT2D eigenvalue weighted by Crippen LogP contribution is -2.50. The van der Waals surface area contributed by atoms with E-state index in [0.29, 0.717) is 6.54 Å². The summed E-state index contributed by atoms with van der Waals surface area (Å²) >= 11 is 0. The largest absolute Gasteiger partial charge is 0.314 e. The van der Waals surface area contributed by atoms with Gasteiger partial charge >= 0.3 is 0 Å². The van der Waals surface area contributed by atoms with Crippen LogP contribution in [0.1, 0.15) is 25.7 Å². The summed E-state index contributed by atoms with van der Waals surface area (Å²) in [6.45, 7) is 1.63. The second-order valence-electron chi connectivity index (χ2n) is 3.64. The molecule has 2 rings (SSSR count). The summed E-state index contributed by atoms with van der Waals surface area (Å²) < 4.78 is 13.2. The van der Waals surface area contributed by atoms with Gasteiger partial charge < -0.3 is 5.32 Å². The Morgan fingerprint density at radius 1 is 1.30 bits per heavy atom. The molecule has 10 heavy (non-hydrogen) atoms. The molecule has 1 spiro atoms. The molecule has 2 aliphatic rings. The van der Waals surface area contributed by atoms with Gasteiger partial charge in [-0.1, -0.05) is 6.42 Å². The Kier molecular flexibility index (Phi) is 1.44. The SMILES string of the molecule is FC1CNCCC12CCC2. The van der Waals surface area contributed by atoms with E-state index >= 15 is 0 Å². The lowest BCUT2D eigenvalue weighted by Gasteiger charge is -2.47. The fraction of sp³-hybridized carbons (Fsp3) is 1.00. The van der Waals surface area contributed by atoms with E-state index < -0.39 is 6.17 Å². The first kappa shape index (κ1) is 6.59. The molecule has 0 aromatic rings. The highest BCUT2D eigenvalue weighted by atomic mass is 19.1. The molecule has 0 radical (unpaired) electrons. The lowest BCUT2D eigenvalue weighted by atomic mass is 9.62. The van der Waals surface area contributed by atoms with Crippen LogP contribution in [0.4, 0.5) is 4.39 Å². The first-order valence-corrected chi connectivity index (χ1v) is 4.18. The minimum Gasteiger partial charge on any atom is -0.314 e. The number of alkyl halides is 1. The van der Waals surface area contributed by atoms with E-state index in [1.54, 1.807) is 0 Å². The second-order valence-corrected chi connectivity index (χ2v) is 3.64. The van der Waals surface area contributed by atoms with Gasteiger partial charge in [0, 0.05) is 12.0 Å². The van der Waals surface area contributed by atoms with Gasteiger partial charge in [-0.2, -0.15) is 0 Å². The normalized spacial score (nSPS) is 37.5. The molecular weight excluding hydrogens is 129 g/mol. The van der Waals surface area contributed by atoms with E-state index in [4.69, 9.17) is 0 Å². The van der Waals surface area contributed by atoms with E-state index in [-0.39, 0.29) is 5.41 Å². The first-order chi connectivity index (χ1) is 4.83. The predicted octanol–water partition coefficient (Wildman–Crippen LogP) is 1.49. The standard InChI is InChI=1S/C8H14FN/c9-7-6-10-5-4-8(7)2-1-3-8/h7,10H,1-6H2. The molecule has 58 valence electrons. The second kappa shape index (κ2) is 2.19. The van der Waals surface area contributed by atoms with Crippen LogP contribution < -0.4 is 5.32 Å². The Morgan fingerprint density at radius 3 is 2.50 bits per heavy atom. The third-order valence-electron chi connectivity index (χ3n) is 3.14. The Balaban J connectivity index is 2.03. The van der Waals surface area contributed by atoms with E-state index in [9.17, 15) is 4.39 Å². The molecule has 1 N–H and O–H groups in total. The molecule has 0 aromatic heterocycles. The molecule has 1 unspecified atom stereocenters. The zero-order chi connectivity index (χ0) is 7.03. The molecular formula is C8H14FN. The molecule has 0 bridgehead atoms. The fourth-order valence-electron chi connectivity index (χ4n) is 2.13. The van der Waals surface area contributed by atoms with E-state index in [1.807, 2.05) is 0 Å². The molecule has 1 saturated carbocycles. The fourth-order valence-corrected chi connectivity index (χ4v) is 2.13. The third-order valence-corrected chi connectivity index (χ3v) is 3.14. The van der Waals surface area contributed by atoms with Crippen molar-refractivity contribution in [3.63, 3.8) is 0 Å². The van der Waals surface area contributed by atoms with E-state index in [1.165, 1.54) is 6.42 Å². The highest BCUT2D eigenvalue weighted by molar-refractivity contribution is 4.97. The Morgan fingerprint density at radius 2 is 2.10 bits per heavy atom. The molecule has 1 saturated heterocycles. The first-order valence-electron chi connectivity index (χ1n) is 4.18. The van der Waals surface area contributed by atoms with E-state index in [0.717, 1.165) is 25.8 Å². The number of hydrogen-bond donors (Lipinski definition) is 1. The Labute approximate surface area is 61.0 Å². The van der Waals surface area contributed by atoms with Crippen molar-refractivity contribution in [1.82, 2.24) is 5.32 Å². The van der Waals surface area contributed by atoms with Gasteiger partial charge in [-0.25, -0.2) is 4.39 Å². The zero-order valence-electron chi connectivity index (χ0n) is 6.20. The van der Waals surface area contributed by atoms with Crippen LogP contribution in [-0.4, -0.2) is 19.3 Å². The molecule has 1 heterocycles. The molecule has 1 nitrogen and oxygen atoms in total. The minimum atomic E-state index is -0.560. The predicted molar refractivity (Wildman–Crippen MR) is 38.7 cm³/mol. The summed E-state index contributed by atoms with van der Waals surface area (Å²) in [5.41, 5.74) is 0.130. The quantitative estimate of drug-likeness (QED) is 0.541. The van der Waals surface area contributed by atoms with Crippen LogP contribution in [0, 0.1) is 5.41 Å². The zero-order valence-corrected chi connectivity index (χ0v) is 6.20. The third kappa shape index (κ3) is 0.782. The summed E-state index contributed by atoms with van der Waals surface area (Å²) in [5.74, 6) is 0. The van der Waals surface area contributed by atoms with Crippen LogP contribution in [0.2, 0.25) is 0 Å². The van der Waals surface area contributed by atoms with Crippen LogP contribution >= 0.6 is 0 Å². The van der Waals surface area contributed by atoms with Crippen molar-refractivity contribution < 1.29 is 4.39 Å². The summed E-state index contributed by atoms with van der Waals surface area (Å²) in [7, 11) is 0. The smallest absolute Gasteiger partial charge is 0.118 e. The topological polar surface area (TPSA) is 12.0 Å². The van der Waals surface area contributed by atoms with Crippen LogP contribution in [0.5, 0.6) is 0 Å². The van der Waals surface area contributed by atoms with Gasteiger partial charge in [0.2, 0.25) is 0 Å². The number of piperidine rings is 1. The van der Waals surface area contributed by atoms with Crippen molar-refractivity contribution in [3.8, 4) is 0 Å². The number of rotatable bonds is 0. The molecule has 1 atom stereocenters. The van der Waals surface area contributed by atoms with Gasteiger partial charge in [0.25, 0.3) is 0 Å². The van der Waals surface area contributed by atoms with Gasteiger partial charge in [-0.3, -0.25) is 0 Å². The number of halogens is 1. The summed E-state index contributed by atoms with van der Waals surface area (Å²) in [5, 5.41) is 3.08. The molecule has 0 aromatic carbocycles. The minimum absolute atomic E-state index is 0.130. The van der Waals surface area contributed by atoms with Crippen molar-refractivity contribution in [2.45, 2.75) is 31.9 Å². The number of hydrogen-bond acceptors (Lipinski definition) is 1. The van der Waals surface area contributed by atoms with Gasteiger partial charge in [0.05, 0.1) is 0 Å². The van der Waals surface area contributed by atoms with Gasteiger partial charge in [-0.15, -0.1) is 0 Å².